The van der Waals surface area contributed by atoms with Gasteiger partial charge in [0.15, 0.2) is 23.3 Å². The molecule has 4 nitrogen and oxygen atoms in total. The van der Waals surface area contributed by atoms with E-state index in [9.17, 15) is 31.9 Å². The summed E-state index contributed by atoms with van der Waals surface area (Å²) in [5, 5.41) is 14.0. The zero-order valence-electron chi connectivity index (χ0n) is 11.0. The van der Waals surface area contributed by atoms with Crippen molar-refractivity contribution >= 4 is 17.9 Å². The molecule has 0 saturated carbocycles. The average Bonchev–Trinajstić information content (AvgIpc) is 2.54. The number of rotatable bonds is 4. The van der Waals surface area contributed by atoms with E-state index >= 15 is 0 Å². The number of hydrogen-bond acceptors (Lipinski definition) is 4. The maximum Gasteiger partial charge on any atom is 0.200 e. The summed E-state index contributed by atoms with van der Waals surface area (Å²) < 4.78 is 65.6. The number of nitrogens with zero attached hydrogens (tertiary/aromatic N) is 1. The molecule has 0 aliphatic carbocycles. The summed E-state index contributed by atoms with van der Waals surface area (Å²) in [7, 11) is 0. The van der Waals surface area contributed by atoms with Gasteiger partial charge in [-0.3, -0.25) is 5.43 Å². The fraction of sp³-hybridized carbons (Fsp3) is 0. The summed E-state index contributed by atoms with van der Waals surface area (Å²) >= 11 is 0. The van der Waals surface area contributed by atoms with Gasteiger partial charge in [0, 0.05) is 0 Å². The van der Waals surface area contributed by atoms with Crippen LogP contribution >= 0.6 is 0 Å². The molecular weight excluding hydrogens is 323 g/mol. The van der Waals surface area contributed by atoms with Gasteiger partial charge in [-0.1, -0.05) is 12.1 Å². The van der Waals surface area contributed by atoms with Gasteiger partial charge in [0.25, 0.3) is 0 Å². The van der Waals surface area contributed by atoms with Crippen molar-refractivity contribution < 1.29 is 31.9 Å². The third kappa shape index (κ3) is 3.28. The van der Waals surface area contributed by atoms with Crippen molar-refractivity contribution in [3.8, 4) is 0 Å². The van der Waals surface area contributed by atoms with E-state index < -0.39 is 40.6 Å². The average molecular weight is 329 g/mol. The quantitative estimate of drug-likeness (QED) is 0.307. The van der Waals surface area contributed by atoms with Crippen LogP contribution < -0.4 is 10.5 Å². The number of carbonyl (C=O) groups is 1. The number of aromatic carboxylic acids is 1. The van der Waals surface area contributed by atoms with E-state index in [-0.39, 0.29) is 11.3 Å². The highest BCUT2D eigenvalue weighted by molar-refractivity contribution is 5.87. The monoisotopic (exact) mass is 329 g/mol. The number of hydrazone groups is 1. The topological polar surface area (TPSA) is 64.5 Å². The Bertz CT molecular complexity index is 779. The van der Waals surface area contributed by atoms with Crippen LogP contribution in [0.15, 0.2) is 29.4 Å². The number of anilines is 1. The molecule has 23 heavy (non-hydrogen) atoms. The summed E-state index contributed by atoms with van der Waals surface area (Å²) in [6, 6.07) is 5.03. The van der Waals surface area contributed by atoms with Crippen molar-refractivity contribution in [3.63, 3.8) is 0 Å². The molecule has 2 aromatic rings. The highest BCUT2D eigenvalue weighted by Crippen LogP contribution is 2.21. The fourth-order valence-corrected chi connectivity index (χ4v) is 1.62. The van der Waals surface area contributed by atoms with Crippen LogP contribution in [0.25, 0.3) is 0 Å². The van der Waals surface area contributed by atoms with Gasteiger partial charge in [-0.15, -0.1) is 0 Å². The Morgan fingerprint density at radius 2 is 1.57 bits per heavy atom. The second-order valence-corrected chi connectivity index (χ2v) is 4.22. The van der Waals surface area contributed by atoms with Crippen LogP contribution in [0.3, 0.4) is 0 Å². The molecule has 0 bridgehead atoms. The van der Waals surface area contributed by atoms with Gasteiger partial charge in [0.05, 0.1) is 23.4 Å². The van der Waals surface area contributed by atoms with Crippen LogP contribution in [0.5, 0.6) is 0 Å². The van der Waals surface area contributed by atoms with Gasteiger partial charge in [0.2, 0.25) is 5.82 Å². The zero-order valence-corrected chi connectivity index (χ0v) is 11.0. The molecule has 0 amide bonds. The lowest BCUT2D eigenvalue weighted by molar-refractivity contribution is -0.255. The lowest BCUT2D eigenvalue weighted by atomic mass is 10.2. The molecule has 0 heterocycles. The molecule has 0 radical (unpaired) electrons. The number of carbonyl (C=O) groups excluding carboxylic acids is 1. The van der Waals surface area contributed by atoms with Gasteiger partial charge in [-0.2, -0.15) is 5.10 Å². The van der Waals surface area contributed by atoms with Gasteiger partial charge in [-0.25, -0.2) is 22.0 Å². The van der Waals surface area contributed by atoms with E-state index in [1.807, 2.05) is 0 Å². The summed E-state index contributed by atoms with van der Waals surface area (Å²) in [6.07, 6.45) is 0.391. The molecule has 1 N–H and O–H groups in total. The Hall–Kier alpha value is -2.97. The SMILES string of the molecule is O=C([O-])c1cccc(N/N=C\c2c(F)c(F)c(F)c(F)c2F)c1. The van der Waals surface area contributed by atoms with Crippen LogP contribution in [0.4, 0.5) is 27.6 Å². The molecule has 0 fully saturated rings. The van der Waals surface area contributed by atoms with E-state index in [1.54, 1.807) is 0 Å². The lowest BCUT2D eigenvalue weighted by Crippen LogP contribution is -2.22. The maximum absolute atomic E-state index is 13.4. The highest BCUT2D eigenvalue weighted by Gasteiger charge is 2.24. The van der Waals surface area contributed by atoms with E-state index in [2.05, 4.69) is 10.5 Å². The molecule has 0 saturated heterocycles. The summed E-state index contributed by atoms with van der Waals surface area (Å²) in [5.74, 6) is -12.0. The smallest absolute Gasteiger partial charge is 0.200 e. The number of hydrogen-bond donors (Lipinski definition) is 1. The van der Waals surface area contributed by atoms with Crippen molar-refractivity contribution in [2.24, 2.45) is 5.10 Å². The predicted molar refractivity (Wildman–Crippen MR) is 68.2 cm³/mol. The molecule has 0 spiro atoms. The maximum atomic E-state index is 13.4. The Morgan fingerprint density at radius 1 is 1.00 bits per heavy atom. The molecule has 0 aliphatic rings. The first-order valence-electron chi connectivity index (χ1n) is 5.95. The van der Waals surface area contributed by atoms with Crippen LogP contribution in [0.2, 0.25) is 0 Å². The van der Waals surface area contributed by atoms with Crippen LogP contribution in [0, 0.1) is 29.1 Å². The standard InChI is InChI=1S/C14H7F5N2O2/c15-9-8(10(16)12(18)13(19)11(9)17)5-20-21-7-3-1-2-6(4-7)14(22)23/h1-5,21H,(H,22,23)/p-1/b20-5-. The molecule has 2 aromatic carbocycles. The van der Waals surface area contributed by atoms with Crippen LogP contribution in [0.1, 0.15) is 15.9 Å². The van der Waals surface area contributed by atoms with E-state index in [0.717, 1.165) is 6.07 Å². The minimum absolute atomic E-state index is 0.104. The van der Waals surface area contributed by atoms with Gasteiger partial charge >= 0.3 is 0 Å². The first kappa shape index (κ1) is 16.4. The highest BCUT2D eigenvalue weighted by atomic mass is 19.2. The number of nitrogens with one attached hydrogen (secondary N) is 1. The Balaban J connectivity index is 2.28. The van der Waals surface area contributed by atoms with Gasteiger partial charge in [-0.05, 0) is 17.7 Å². The van der Waals surface area contributed by atoms with Crippen molar-refractivity contribution in [2.75, 3.05) is 5.43 Å². The third-order valence-electron chi connectivity index (χ3n) is 2.73. The molecule has 0 aliphatic heterocycles. The number of carboxylic acids is 1. The van der Waals surface area contributed by atoms with Crippen molar-refractivity contribution in [3.05, 3.63) is 64.5 Å². The molecule has 0 aromatic heterocycles. The van der Waals surface area contributed by atoms with Crippen molar-refractivity contribution in [1.29, 1.82) is 0 Å². The first-order valence-corrected chi connectivity index (χ1v) is 5.95. The fourth-order valence-electron chi connectivity index (χ4n) is 1.62. The largest absolute Gasteiger partial charge is 0.545 e. The summed E-state index contributed by atoms with van der Waals surface area (Å²) in [6.45, 7) is 0. The molecule has 2 rings (SSSR count). The minimum atomic E-state index is -2.27. The lowest BCUT2D eigenvalue weighted by Gasteiger charge is -2.06. The first-order chi connectivity index (χ1) is 10.8. The Kier molecular flexibility index (Phi) is 4.58. The Labute approximate surface area is 125 Å². The van der Waals surface area contributed by atoms with Crippen molar-refractivity contribution in [2.45, 2.75) is 0 Å². The van der Waals surface area contributed by atoms with E-state index in [0.29, 0.717) is 6.21 Å². The molecule has 9 heteroatoms. The molecule has 120 valence electrons. The minimum Gasteiger partial charge on any atom is -0.545 e. The summed E-state index contributed by atoms with van der Waals surface area (Å²) in [5.41, 5.74) is 0.882. The van der Waals surface area contributed by atoms with Crippen LogP contribution in [-0.4, -0.2) is 12.2 Å². The second kappa shape index (κ2) is 6.42. The van der Waals surface area contributed by atoms with Gasteiger partial charge < -0.3 is 9.90 Å². The molecule has 0 atom stereocenters. The number of carboxylic acid groups (broad SMARTS) is 1. The second-order valence-electron chi connectivity index (χ2n) is 4.22. The zero-order chi connectivity index (χ0) is 17.1. The number of halogens is 5. The molecule has 0 unspecified atom stereocenters. The molecular formula is C14H6F5N2O2-. The third-order valence-corrected chi connectivity index (χ3v) is 2.73. The van der Waals surface area contributed by atoms with Crippen LogP contribution in [-0.2, 0) is 0 Å². The van der Waals surface area contributed by atoms with E-state index in [1.165, 1.54) is 18.2 Å². The van der Waals surface area contributed by atoms with Crippen molar-refractivity contribution in [1.82, 2.24) is 0 Å². The Morgan fingerprint density at radius 3 is 2.13 bits per heavy atom. The summed E-state index contributed by atoms with van der Waals surface area (Å²) in [4.78, 5) is 10.6. The number of benzene rings is 2. The normalized spacial score (nSPS) is 11.0. The van der Waals surface area contributed by atoms with E-state index in [4.69, 9.17) is 0 Å². The van der Waals surface area contributed by atoms with Gasteiger partial charge in [0.1, 0.15) is 0 Å². The predicted octanol–water partition coefficient (Wildman–Crippen LogP) is 2.19.